The lowest BCUT2D eigenvalue weighted by Crippen LogP contribution is -2.04. The molecule has 0 aliphatic rings. The smallest absolute Gasteiger partial charge is 0.161 e. The number of hydrogen-bond acceptors (Lipinski definition) is 6. The Morgan fingerprint density at radius 1 is 1.50 bits per heavy atom. The minimum Gasteiger partial charge on any atom is -0.250 e. The molecule has 2 aromatic heterocycles. The van der Waals surface area contributed by atoms with E-state index >= 15 is 0 Å². The fourth-order valence-electron chi connectivity index (χ4n) is 1.41. The maximum Gasteiger partial charge on any atom is 0.161 e. The molecule has 0 saturated carbocycles. The monoisotopic (exact) mass is 260 g/mol. The number of rotatable bonds is 5. The van der Waals surface area contributed by atoms with Crippen molar-refractivity contribution in [3.05, 3.63) is 29.7 Å². The lowest BCUT2D eigenvalue weighted by atomic mass is 10.3. The Bertz CT molecular complexity index is 559. The minimum atomic E-state index is 0.612. The van der Waals surface area contributed by atoms with E-state index in [2.05, 4.69) is 33.5 Å². The molecule has 0 atom stereocenters. The van der Waals surface area contributed by atoms with Crippen LogP contribution in [-0.4, -0.2) is 25.2 Å². The second-order valence-corrected chi connectivity index (χ2v) is 4.60. The normalized spacial score (nSPS) is 10.2. The van der Waals surface area contributed by atoms with Crippen LogP contribution in [0.15, 0.2) is 23.4 Å². The number of hydrogen-bond donors (Lipinski definition) is 0. The van der Waals surface area contributed by atoms with Gasteiger partial charge in [-0.25, -0.2) is 9.67 Å². The van der Waals surface area contributed by atoms with Crippen LogP contribution in [0.5, 0.6) is 0 Å². The molecule has 2 aromatic rings. The van der Waals surface area contributed by atoms with Gasteiger partial charge in [0.2, 0.25) is 0 Å². The van der Waals surface area contributed by atoms with Gasteiger partial charge in [-0.15, -0.1) is 5.10 Å². The number of pyridine rings is 1. The molecule has 0 fully saturated rings. The van der Waals surface area contributed by atoms with Gasteiger partial charge in [-0.3, -0.25) is 0 Å². The summed E-state index contributed by atoms with van der Waals surface area (Å²) in [6.45, 7) is 2.89. The zero-order chi connectivity index (χ0) is 12.8. The molecular formula is C11H12N6S. The van der Waals surface area contributed by atoms with Crippen molar-refractivity contribution in [1.29, 1.82) is 5.26 Å². The first-order chi connectivity index (χ1) is 8.83. The van der Waals surface area contributed by atoms with Crippen molar-refractivity contribution < 1.29 is 0 Å². The number of aryl methyl sites for hydroxylation is 1. The molecule has 2 rings (SSSR count). The minimum absolute atomic E-state index is 0.612. The molecule has 0 unspecified atom stereocenters. The van der Waals surface area contributed by atoms with Crippen LogP contribution in [0.4, 0.5) is 0 Å². The summed E-state index contributed by atoms with van der Waals surface area (Å²) in [7, 11) is 0. The Kier molecular flexibility index (Phi) is 4.25. The highest BCUT2D eigenvalue weighted by Crippen LogP contribution is 2.19. The van der Waals surface area contributed by atoms with Gasteiger partial charge in [0.1, 0.15) is 0 Å². The molecule has 0 aromatic carbocycles. The third-order valence-corrected chi connectivity index (χ3v) is 3.18. The Balaban J connectivity index is 2.02. The SMILES string of the molecule is CCCn1nnnc1CSc1cc(C#N)ccn1. The Hall–Kier alpha value is -1.94. The van der Waals surface area contributed by atoms with E-state index in [4.69, 9.17) is 5.26 Å². The van der Waals surface area contributed by atoms with Crippen LogP contribution in [0.3, 0.4) is 0 Å². The van der Waals surface area contributed by atoms with Crippen molar-refractivity contribution in [2.24, 2.45) is 0 Å². The van der Waals surface area contributed by atoms with E-state index in [0.29, 0.717) is 11.3 Å². The summed E-state index contributed by atoms with van der Waals surface area (Å²) in [6, 6.07) is 5.54. The second kappa shape index (κ2) is 6.12. The van der Waals surface area contributed by atoms with Gasteiger partial charge in [-0.05, 0) is 29.0 Å². The predicted octanol–water partition coefficient (Wildman–Crippen LogP) is 1.64. The van der Waals surface area contributed by atoms with E-state index < -0.39 is 0 Å². The van der Waals surface area contributed by atoms with Crippen LogP contribution < -0.4 is 0 Å². The summed E-state index contributed by atoms with van der Waals surface area (Å²) < 4.78 is 1.79. The molecule has 0 amide bonds. The molecule has 0 aliphatic carbocycles. The summed E-state index contributed by atoms with van der Waals surface area (Å²) in [4.78, 5) is 4.20. The third-order valence-electron chi connectivity index (χ3n) is 2.25. The van der Waals surface area contributed by atoms with Crippen LogP contribution in [-0.2, 0) is 12.3 Å². The van der Waals surface area contributed by atoms with Crippen LogP contribution in [0, 0.1) is 11.3 Å². The van der Waals surface area contributed by atoms with Crippen LogP contribution >= 0.6 is 11.8 Å². The summed E-state index contributed by atoms with van der Waals surface area (Å²) in [6.07, 6.45) is 2.63. The van der Waals surface area contributed by atoms with Gasteiger partial charge in [-0.2, -0.15) is 5.26 Å². The van der Waals surface area contributed by atoms with E-state index in [0.717, 1.165) is 23.8 Å². The molecule has 7 heteroatoms. The van der Waals surface area contributed by atoms with E-state index in [1.165, 1.54) is 11.8 Å². The molecule has 0 N–H and O–H groups in total. The maximum atomic E-state index is 8.80. The quantitative estimate of drug-likeness (QED) is 0.760. The zero-order valence-corrected chi connectivity index (χ0v) is 10.8. The van der Waals surface area contributed by atoms with Crippen molar-refractivity contribution >= 4 is 11.8 Å². The predicted molar refractivity (Wildman–Crippen MR) is 66.6 cm³/mol. The van der Waals surface area contributed by atoms with Gasteiger partial charge in [0, 0.05) is 12.7 Å². The number of aromatic nitrogens is 5. The third kappa shape index (κ3) is 3.05. The largest absolute Gasteiger partial charge is 0.250 e. The van der Waals surface area contributed by atoms with Crippen LogP contribution in [0.25, 0.3) is 0 Å². The number of nitrogens with zero attached hydrogens (tertiary/aromatic N) is 6. The summed E-state index contributed by atoms with van der Waals surface area (Å²) >= 11 is 1.52. The highest BCUT2D eigenvalue weighted by atomic mass is 32.2. The first-order valence-electron chi connectivity index (χ1n) is 5.57. The molecule has 0 spiro atoms. The van der Waals surface area contributed by atoms with Gasteiger partial charge >= 0.3 is 0 Å². The molecule has 92 valence electrons. The Labute approximate surface area is 109 Å². The van der Waals surface area contributed by atoms with Crippen LogP contribution in [0.2, 0.25) is 0 Å². The number of nitriles is 1. The topological polar surface area (TPSA) is 80.3 Å². The molecule has 0 radical (unpaired) electrons. The second-order valence-electron chi connectivity index (χ2n) is 3.60. The average molecular weight is 260 g/mol. The molecule has 0 saturated heterocycles. The van der Waals surface area contributed by atoms with Gasteiger partial charge in [-0.1, -0.05) is 18.7 Å². The van der Waals surface area contributed by atoms with Crippen LogP contribution in [0.1, 0.15) is 24.7 Å². The van der Waals surface area contributed by atoms with Crippen molar-refractivity contribution in [3.8, 4) is 6.07 Å². The van der Waals surface area contributed by atoms with Crippen molar-refractivity contribution in [3.63, 3.8) is 0 Å². The molecule has 0 bridgehead atoms. The molecule has 0 aliphatic heterocycles. The first-order valence-corrected chi connectivity index (χ1v) is 6.56. The van der Waals surface area contributed by atoms with E-state index in [1.807, 2.05) is 0 Å². The first kappa shape index (κ1) is 12.5. The molecular weight excluding hydrogens is 248 g/mol. The Morgan fingerprint density at radius 3 is 3.17 bits per heavy atom. The fraction of sp³-hybridized carbons (Fsp3) is 0.364. The number of thioether (sulfide) groups is 1. The van der Waals surface area contributed by atoms with Gasteiger partial charge in [0.15, 0.2) is 5.82 Å². The highest BCUT2D eigenvalue weighted by molar-refractivity contribution is 7.98. The average Bonchev–Trinajstić information content (AvgIpc) is 2.85. The highest BCUT2D eigenvalue weighted by Gasteiger charge is 2.06. The number of tetrazole rings is 1. The van der Waals surface area contributed by atoms with Crippen molar-refractivity contribution in [1.82, 2.24) is 25.2 Å². The van der Waals surface area contributed by atoms with E-state index in [-0.39, 0.29) is 0 Å². The standard InChI is InChI=1S/C11H12N6S/c1-2-5-17-10(14-15-16-17)8-18-11-6-9(7-12)3-4-13-11/h3-4,6H,2,5,8H2,1H3. The summed E-state index contributed by atoms with van der Waals surface area (Å²) in [5, 5.41) is 21.2. The summed E-state index contributed by atoms with van der Waals surface area (Å²) in [5.41, 5.74) is 0.612. The summed E-state index contributed by atoms with van der Waals surface area (Å²) in [5.74, 6) is 1.47. The molecule has 18 heavy (non-hydrogen) atoms. The van der Waals surface area contributed by atoms with Crippen molar-refractivity contribution in [2.45, 2.75) is 30.7 Å². The molecule has 6 nitrogen and oxygen atoms in total. The Morgan fingerprint density at radius 2 is 2.39 bits per heavy atom. The van der Waals surface area contributed by atoms with E-state index in [1.54, 1.807) is 23.0 Å². The van der Waals surface area contributed by atoms with Crippen molar-refractivity contribution in [2.75, 3.05) is 0 Å². The van der Waals surface area contributed by atoms with Gasteiger partial charge in [0.05, 0.1) is 22.4 Å². The van der Waals surface area contributed by atoms with Gasteiger partial charge < -0.3 is 0 Å². The lowest BCUT2D eigenvalue weighted by molar-refractivity contribution is 0.564. The fourth-order valence-corrected chi connectivity index (χ4v) is 2.24. The zero-order valence-electron chi connectivity index (χ0n) is 9.94. The van der Waals surface area contributed by atoms with E-state index in [9.17, 15) is 0 Å². The molecule has 2 heterocycles. The van der Waals surface area contributed by atoms with Gasteiger partial charge in [0.25, 0.3) is 0 Å². The lowest BCUT2D eigenvalue weighted by Gasteiger charge is -2.02. The maximum absolute atomic E-state index is 8.80.